The molecule has 8 N–H and O–H groups in total. The van der Waals surface area contributed by atoms with Crippen molar-refractivity contribution in [3.63, 3.8) is 0 Å². The zero-order valence-corrected chi connectivity index (χ0v) is 27.4. The fourth-order valence-corrected chi connectivity index (χ4v) is 6.99. The van der Waals surface area contributed by atoms with E-state index in [9.17, 15) is 23.8 Å². The molecule has 1 heterocycles. The lowest BCUT2D eigenvalue weighted by molar-refractivity contribution is -0.122. The molecule has 16 nitrogen and oxygen atoms in total. The van der Waals surface area contributed by atoms with Crippen molar-refractivity contribution in [3.05, 3.63) is 34.9 Å². The Hall–Kier alpha value is -1.88. The topological polar surface area (TPSA) is 236 Å². The van der Waals surface area contributed by atoms with Gasteiger partial charge in [0.15, 0.2) is 0 Å². The van der Waals surface area contributed by atoms with Crippen molar-refractivity contribution >= 4 is 34.3 Å². The van der Waals surface area contributed by atoms with Crippen LogP contribution in [0.2, 0.25) is 0 Å². The smallest absolute Gasteiger partial charge is 0.448 e. The van der Waals surface area contributed by atoms with Gasteiger partial charge in [-0.25, -0.2) is 4.79 Å². The zero-order valence-electron chi connectivity index (χ0n) is 25.6. The first-order valence-corrected chi connectivity index (χ1v) is 17.5. The van der Waals surface area contributed by atoms with Crippen LogP contribution < -0.4 is 16.0 Å². The van der Waals surface area contributed by atoms with Crippen LogP contribution in [-0.2, 0) is 28.0 Å². The SMILES string of the molecule is Cc1ccc(C)c(C(O)NCC(=O)N[C@](C)(CC(C)C)B2OCCN(CCOC(=O)NC(P(=O)(O)O)P(=O)(O)O)CCO2)c1. The number of benzene rings is 1. The average molecular weight is 666 g/mol. The predicted molar refractivity (Wildman–Crippen MR) is 161 cm³/mol. The Morgan fingerprint density at radius 3 is 2.23 bits per heavy atom. The quantitative estimate of drug-likeness (QED) is 0.0769. The van der Waals surface area contributed by atoms with E-state index in [-0.39, 0.29) is 44.7 Å². The van der Waals surface area contributed by atoms with Crippen LogP contribution in [0.25, 0.3) is 0 Å². The van der Waals surface area contributed by atoms with Gasteiger partial charge >= 0.3 is 28.4 Å². The van der Waals surface area contributed by atoms with E-state index in [1.54, 1.807) is 0 Å². The Balaban J connectivity index is 1.89. The number of amides is 2. The van der Waals surface area contributed by atoms with Crippen molar-refractivity contribution in [2.45, 2.75) is 58.2 Å². The highest BCUT2D eigenvalue weighted by atomic mass is 31.2. The molecule has 0 spiro atoms. The third-order valence-corrected chi connectivity index (χ3v) is 10.2. The van der Waals surface area contributed by atoms with E-state index in [2.05, 4.69) is 10.6 Å². The number of hydrogen-bond donors (Lipinski definition) is 8. The number of aliphatic hydroxyl groups excluding tert-OH is 1. The van der Waals surface area contributed by atoms with Gasteiger partial charge in [-0.05, 0) is 44.2 Å². The molecule has 1 aromatic carbocycles. The first-order valence-electron chi connectivity index (χ1n) is 14.1. The van der Waals surface area contributed by atoms with E-state index in [4.69, 9.17) is 33.6 Å². The highest BCUT2D eigenvalue weighted by Crippen LogP contribution is 2.58. The molecule has 250 valence electrons. The van der Waals surface area contributed by atoms with E-state index >= 15 is 0 Å². The molecule has 2 amide bonds. The second-order valence-corrected chi connectivity index (χ2v) is 15.3. The Labute approximate surface area is 257 Å². The van der Waals surface area contributed by atoms with Gasteiger partial charge in [0.1, 0.15) is 12.8 Å². The number of aryl methyl sites for hydroxylation is 2. The lowest BCUT2D eigenvalue weighted by Gasteiger charge is -2.38. The monoisotopic (exact) mass is 666 g/mol. The molecule has 2 atom stereocenters. The van der Waals surface area contributed by atoms with Crippen LogP contribution in [0.1, 0.15) is 50.1 Å². The van der Waals surface area contributed by atoms with Gasteiger partial charge in [0.2, 0.25) is 11.4 Å². The maximum atomic E-state index is 13.0. The Morgan fingerprint density at radius 1 is 1.09 bits per heavy atom. The van der Waals surface area contributed by atoms with E-state index in [1.165, 1.54) is 5.32 Å². The summed E-state index contributed by atoms with van der Waals surface area (Å²) < 4.78 is 39.5. The number of rotatable bonds is 14. The fraction of sp³-hybridized carbons (Fsp3) is 0.680. The van der Waals surface area contributed by atoms with Crippen LogP contribution in [0.4, 0.5) is 4.79 Å². The summed E-state index contributed by atoms with van der Waals surface area (Å²) in [7, 11) is -11.5. The summed E-state index contributed by atoms with van der Waals surface area (Å²) >= 11 is 0. The lowest BCUT2D eigenvalue weighted by atomic mass is 9.61. The summed E-state index contributed by atoms with van der Waals surface area (Å²) in [4.78, 5) is 63.1. The van der Waals surface area contributed by atoms with Crippen LogP contribution in [0.15, 0.2) is 18.2 Å². The van der Waals surface area contributed by atoms with Crippen molar-refractivity contribution < 1.29 is 57.4 Å². The summed E-state index contributed by atoms with van der Waals surface area (Å²) in [6.07, 6.45) is -1.87. The van der Waals surface area contributed by atoms with Crippen molar-refractivity contribution in [1.82, 2.24) is 20.9 Å². The van der Waals surface area contributed by atoms with Gasteiger partial charge in [-0.2, -0.15) is 0 Å². The molecule has 0 saturated carbocycles. The molecular formula is C25H45BN4O12P2. The van der Waals surface area contributed by atoms with Crippen molar-refractivity contribution in [2.24, 2.45) is 5.92 Å². The molecule has 0 radical (unpaired) electrons. The molecule has 0 aromatic heterocycles. The van der Waals surface area contributed by atoms with Gasteiger partial charge < -0.3 is 44.0 Å². The van der Waals surface area contributed by atoms with Crippen LogP contribution in [-0.4, -0.2) is 106 Å². The molecule has 1 saturated heterocycles. The minimum absolute atomic E-state index is 0.140. The number of ether oxygens (including phenoxy) is 1. The van der Waals surface area contributed by atoms with Crippen LogP contribution in [0.5, 0.6) is 0 Å². The molecule has 1 aliphatic rings. The van der Waals surface area contributed by atoms with Gasteiger partial charge in [0, 0.05) is 32.8 Å². The van der Waals surface area contributed by atoms with Gasteiger partial charge in [-0.3, -0.25) is 29.5 Å². The molecule has 0 aliphatic carbocycles. The van der Waals surface area contributed by atoms with E-state index < -0.39 is 45.6 Å². The summed E-state index contributed by atoms with van der Waals surface area (Å²) in [5.74, 6) is -0.162. The van der Waals surface area contributed by atoms with Gasteiger partial charge in [-0.1, -0.05) is 37.6 Å². The van der Waals surface area contributed by atoms with Gasteiger partial charge in [0.05, 0.1) is 12.0 Å². The molecule has 1 fully saturated rings. The number of carbonyl (C=O) groups excluding carboxylic acids is 2. The number of alkyl carbamates (subject to hydrolysis) is 1. The third-order valence-electron chi connectivity index (χ3n) is 6.84. The number of nitrogens with one attached hydrogen (secondary N) is 3. The zero-order chi connectivity index (χ0) is 33.3. The Kier molecular flexibility index (Phi) is 14.5. The minimum Gasteiger partial charge on any atom is -0.448 e. The van der Waals surface area contributed by atoms with Crippen molar-refractivity contribution in [2.75, 3.05) is 46.0 Å². The van der Waals surface area contributed by atoms with E-state index in [1.807, 2.05) is 57.7 Å². The molecule has 19 heteroatoms. The largest absolute Gasteiger partial charge is 0.484 e. The van der Waals surface area contributed by atoms with Gasteiger partial charge in [0.25, 0.3) is 0 Å². The van der Waals surface area contributed by atoms with E-state index in [0.717, 1.165) is 11.1 Å². The maximum Gasteiger partial charge on any atom is 0.484 e. The summed E-state index contributed by atoms with van der Waals surface area (Å²) in [5, 5.41) is 18.0. The van der Waals surface area contributed by atoms with Crippen LogP contribution >= 0.6 is 15.2 Å². The number of nitrogens with zero attached hydrogens (tertiary/aromatic N) is 1. The predicted octanol–water partition coefficient (Wildman–Crippen LogP) is 0.546. The highest BCUT2D eigenvalue weighted by molar-refractivity contribution is 7.70. The lowest BCUT2D eigenvalue weighted by Crippen LogP contribution is -2.62. The molecule has 1 unspecified atom stereocenters. The molecule has 2 rings (SSSR count). The van der Waals surface area contributed by atoms with Crippen molar-refractivity contribution in [3.8, 4) is 0 Å². The normalized spacial score (nSPS) is 17.5. The first kappa shape index (κ1) is 38.3. The number of carbonyl (C=O) groups is 2. The molecule has 1 aromatic rings. The number of aliphatic hydroxyl groups is 1. The van der Waals surface area contributed by atoms with Crippen molar-refractivity contribution in [1.29, 1.82) is 0 Å². The Bertz CT molecular complexity index is 1180. The van der Waals surface area contributed by atoms with E-state index in [0.29, 0.717) is 25.1 Å². The van der Waals surface area contributed by atoms with Crippen LogP contribution in [0.3, 0.4) is 0 Å². The van der Waals surface area contributed by atoms with Crippen LogP contribution in [0, 0.1) is 19.8 Å². The molecule has 44 heavy (non-hydrogen) atoms. The summed E-state index contributed by atoms with van der Waals surface area (Å²) in [6, 6.07) is 5.72. The number of hydrogen-bond acceptors (Lipinski definition) is 10. The summed E-state index contributed by atoms with van der Waals surface area (Å²) in [6.45, 7) is 10.6. The first-order chi connectivity index (χ1) is 20.3. The maximum absolute atomic E-state index is 13.0. The second kappa shape index (κ2) is 16.6. The second-order valence-electron chi connectivity index (χ2n) is 11.5. The molecular weight excluding hydrogens is 621 g/mol. The Morgan fingerprint density at radius 2 is 1.68 bits per heavy atom. The molecule has 1 aliphatic heterocycles. The minimum atomic E-state index is -5.34. The summed E-state index contributed by atoms with van der Waals surface area (Å²) in [5.41, 5.74) is -1.02. The fourth-order valence-electron chi connectivity index (χ4n) is 4.88. The third kappa shape index (κ3) is 12.5. The van der Waals surface area contributed by atoms with Gasteiger partial charge in [-0.15, -0.1) is 0 Å². The molecule has 0 bridgehead atoms. The highest BCUT2D eigenvalue weighted by Gasteiger charge is 2.46. The standard InChI is InChI=1S/C25H45BN4O12P2/c1-17(2)15-25(5,29-21(31)16-27-22(32)20-14-18(3)6-7-19(20)4)26-41-12-9-30(10-13-42-26)8-11-40-23(33)28-24(43(34,35)36)44(37,38)39/h6-7,14,17,22,24,27,32H,8-13,15-16H2,1-5H3,(H,28,33)(H,29,31)(H2,34,35,36)(H2,37,38,39)/t22?,25-/m1/s1. The average Bonchev–Trinajstić information content (AvgIpc) is 2.86.